The molecular weight excluding hydrogens is 496 g/mol. The van der Waals surface area contributed by atoms with E-state index in [2.05, 4.69) is 15.6 Å². The number of halogens is 4. The predicted octanol–water partition coefficient (Wildman–Crippen LogP) is 3.79. The lowest BCUT2D eigenvalue weighted by molar-refractivity contribution is -0.143. The molecule has 3 rings (SSSR count). The third kappa shape index (κ3) is 8.57. The van der Waals surface area contributed by atoms with E-state index in [4.69, 9.17) is 4.74 Å². The van der Waals surface area contributed by atoms with Crippen LogP contribution in [-0.2, 0) is 6.54 Å². The van der Waals surface area contributed by atoms with Crippen molar-refractivity contribution in [3.8, 4) is 5.75 Å². The van der Waals surface area contributed by atoms with Crippen molar-refractivity contribution in [3.63, 3.8) is 0 Å². The highest BCUT2D eigenvalue weighted by Crippen LogP contribution is 2.30. The highest BCUT2D eigenvalue weighted by atomic mass is 127. The third-order valence-corrected chi connectivity index (χ3v) is 4.91. The number of ether oxygens (including phenoxy) is 1. The maximum Gasteiger partial charge on any atom is 0.401 e. The van der Waals surface area contributed by atoms with E-state index in [1.54, 1.807) is 0 Å². The molecule has 0 spiro atoms. The molecule has 1 saturated heterocycles. The van der Waals surface area contributed by atoms with Gasteiger partial charge in [0.15, 0.2) is 5.96 Å². The van der Waals surface area contributed by atoms with Gasteiger partial charge in [-0.3, -0.25) is 4.90 Å². The molecule has 5 nitrogen and oxygen atoms in total. The van der Waals surface area contributed by atoms with Gasteiger partial charge in [0, 0.05) is 31.2 Å². The van der Waals surface area contributed by atoms with Crippen molar-refractivity contribution >= 4 is 29.9 Å². The second-order valence-electron chi connectivity index (χ2n) is 7.54. The van der Waals surface area contributed by atoms with Crippen molar-refractivity contribution in [3.05, 3.63) is 29.8 Å². The van der Waals surface area contributed by atoms with Gasteiger partial charge in [0.1, 0.15) is 5.75 Å². The Morgan fingerprint density at radius 3 is 2.69 bits per heavy atom. The number of aliphatic imine (C=N–C) groups is 1. The number of benzene rings is 1. The first-order chi connectivity index (χ1) is 13.4. The van der Waals surface area contributed by atoms with Gasteiger partial charge in [-0.2, -0.15) is 13.2 Å². The molecule has 1 heterocycles. The molecule has 2 aliphatic rings. The largest absolute Gasteiger partial charge is 0.493 e. The van der Waals surface area contributed by atoms with Gasteiger partial charge >= 0.3 is 6.18 Å². The standard InChI is InChI=1S/C20H29F3N4O.HI/c1-2-24-19(26-17-9-10-27(12-17)14-20(21,22)23)25-11-16-5-3-4-6-18(16)28-13-15-7-8-15;/h3-6,15,17H,2,7-14H2,1H3,(H2,24,25,26);1H. The Balaban J connectivity index is 0.00000300. The SMILES string of the molecule is CCNC(=NCc1ccccc1OCC1CC1)NC1CCN(CC(F)(F)F)C1.I. The zero-order valence-corrected chi connectivity index (χ0v) is 19.0. The summed E-state index contributed by atoms with van der Waals surface area (Å²) in [6.07, 6.45) is -1.01. The molecule has 0 amide bonds. The number of nitrogens with zero attached hydrogens (tertiary/aromatic N) is 2. The molecule has 1 aliphatic carbocycles. The average Bonchev–Trinajstić information content (AvgIpc) is 3.37. The molecule has 1 aromatic rings. The summed E-state index contributed by atoms with van der Waals surface area (Å²) in [6.45, 7) is 3.80. The zero-order valence-electron chi connectivity index (χ0n) is 16.7. The van der Waals surface area contributed by atoms with Gasteiger partial charge in [-0.05, 0) is 38.2 Å². The number of guanidine groups is 1. The number of likely N-dealkylation sites (tertiary alicyclic amines) is 1. The van der Waals surface area contributed by atoms with E-state index in [-0.39, 0.29) is 30.0 Å². The fourth-order valence-electron chi connectivity index (χ4n) is 3.29. The van der Waals surface area contributed by atoms with Crippen LogP contribution in [0.1, 0.15) is 31.7 Å². The second-order valence-corrected chi connectivity index (χ2v) is 7.54. The molecule has 2 N–H and O–H groups in total. The Kier molecular flexibility index (Phi) is 9.32. The van der Waals surface area contributed by atoms with E-state index in [9.17, 15) is 13.2 Å². The summed E-state index contributed by atoms with van der Waals surface area (Å²) in [5.74, 6) is 2.15. The number of alkyl halides is 3. The van der Waals surface area contributed by atoms with E-state index in [1.807, 2.05) is 31.2 Å². The Morgan fingerprint density at radius 2 is 2.00 bits per heavy atom. The highest BCUT2D eigenvalue weighted by molar-refractivity contribution is 14.0. The molecule has 1 saturated carbocycles. The first-order valence-electron chi connectivity index (χ1n) is 9.97. The quantitative estimate of drug-likeness (QED) is 0.308. The van der Waals surface area contributed by atoms with Crippen LogP contribution in [-0.4, -0.2) is 55.9 Å². The van der Waals surface area contributed by atoms with Crippen molar-refractivity contribution < 1.29 is 17.9 Å². The number of rotatable bonds is 8. The first-order valence-corrected chi connectivity index (χ1v) is 9.97. The van der Waals surface area contributed by atoms with Crippen LogP contribution in [0.5, 0.6) is 5.75 Å². The van der Waals surface area contributed by atoms with E-state index in [0.29, 0.717) is 44.5 Å². The van der Waals surface area contributed by atoms with Crippen molar-refractivity contribution in [1.29, 1.82) is 0 Å². The van der Waals surface area contributed by atoms with Gasteiger partial charge in [-0.25, -0.2) is 4.99 Å². The Hall–Kier alpha value is -1.23. The van der Waals surface area contributed by atoms with Crippen LogP contribution in [0, 0.1) is 5.92 Å². The summed E-state index contributed by atoms with van der Waals surface area (Å²) in [7, 11) is 0. The van der Waals surface area contributed by atoms with E-state index in [0.717, 1.165) is 17.9 Å². The average molecular weight is 526 g/mol. The molecular formula is C20H30F3IN4O. The second kappa shape index (κ2) is 11.2. The minimum absolute atomic E-state index is 0. The maximum atomic E-state index is 12.6. The Morgan fingerprint density at radius 1 is 1.24 bits per heavy atom. The molecule has 1 atom stereocenters. The van der Waals surface area contributed by atoms with Crippen LogP contribution < -0.4 is 15.4 Å². The summed E-state index contributed by atoms with van der Waals surface area (Å²) >= 11 is 0. The van der Waals surface area contributed by atoms with Crippen LogP contribution in [0.4, 0.5) is 13.2 Å². The minimum atomic E-state index is -4.16. The third-order valence-electron chi connectivity index (χ3n) is 4.91. The van der Waals surface area contributed by atoms with Crippen LogP contribution in [0.3, 0.4) is 0 Å². The molecule has 29 heavy (non-hydrogen) atoms. The minimum Gasteiger partial charge on any atom is -0.493 e. The predicted molar refractivity (Wildman–Crippen MR) is 119 cm³/mol. The molecule has 0 bridgehead atoms. The maximum absolute atomic E-state index is 12.6. The highest BCUT2D eigenvalue weighted by Gasteiger charge is 2.34. The molecule has 9 heteroatoms. The van der Waals surface area contributed by atoms with Gasteiger partial charge in [0.25, 0.3) is 0 Å². The molecule has 0 aromatic heterocycles. The smallest absolute Gasteiger partial charge is 0.401 e. The van der Waals surface area contributed by atoms with E-state index >= 15 is 0 Å². The number of para-hydroxylation sites is 1. The fourth-order valence-corrected chi connectivity index (χ4v) is 3.29. The summed E-state index contributed by atoms with van der Waals surface area (Å²) < 4.78 is 43.6. The molecule has 2 fully saturated rings. The number of nitrogens with one attached hydrogen (secondary N) is 2. The van der Waals surface area contributed by atoms with Crippen molar-refractivity contribution in [2.45, 2.75) is 44.9 Å². The normalized spacial score (nSPS) is 20.3. The molecule has 1 unspecified atom stereocenters. The zero-order chi connectivity index (χ0) is 20.0. The van der Waals surface area contributed by atoms with Crippen LogP contribution in [0.25, 0.3) is 0 Å². The van der Waals surface area contributed by atoms with E-state index in [1.165, 1.54) is 17.7 Å². The number of hydrogen-bond acceptors (Lipinski definition) is 3. The lowest BCUT2D eigenvalue weighted by Crippen LogP contribution is -2.45. The van der Waals surface area contributed by atoms with Crippen LogP contribution in [0.2, 0.25) is 0 Å². The van der Waals surface area contributed by atoms with Gasteiger partial charge in [-0.15, -0.1) is 24.0 Å². The molecule has 1 aromatic carbocycles. The number of hydrogen-bond donors (Lipinski definition) is 2. The van der Waals surface area contributed by atoms with Crippen molar-refractivity contribution in [2.24, 2.45) is 10.9 Å². The lowest BCUT2D eigenvalue weighted by Gasteiger charge is -2.20. The molecule has 0 radical (unpaired) electrons. The first kappa shape index (κ1) is 24.0. The Labute approximate surface area is 187 Å². The fraction of sp³-hybridized carbons (Fsp3) is 0.650. The molecule has 1 aliphatic heterocycles. The summed E-state index contributed by atoms with van der Waals surface area (Å²) in [6, 6.07) is 7.82. The monoisotopic (exact) mass is 526 g/mol. The van der Waals surface area contributed by atoms with Gasteiger partial charge in [0.05, 0.1) is 19.7 Å². The van der Waals surface area contributed by atoms with Gasteiger partial charge in [0.2, 0.25) is 0 Å². The van der Waals surface area contributed by atoms with Gasteiger partial charge in [-0.1, -0.05) is 18.2 Å². The van der Waals surface area contributed by atoms with Crippen LogP contribution >= 0.6 is 24.0 Å². The summed E-state index contributed by atoms with van der Waals surface area (Å²) in [5.41, 5.74) is 1.01. The van der Waals surface area contributed by atoms with Crippen LogP contribution in [0.15, 0.2) is 29.3 Å². The van der Waals surface area contributed by atoms with Crippen molar-refractivity contribution in [1.82, 2.24) is 15.5 Å². The summed E-state index contributed by atoms with van der Waals surface area (Å²) in [4.78, 5) is 6.06. The Bertz CT molecular complexity index is 667. The lowest BCUT2D eigenvalue weighted by atomic mass is 10.2. The van der Waals surface area contributed by atoms with E-state index < -0.39 is 12.7 Å². The summed E-state index contributed by atoms with van der Waals surface area (Å²) in [5, 5.41) is 6.45. The topological polar surface area (TPSA) is 48.9 Å². The van der Waals surface area contributed by atoms with Crippen molar-refractivity contribution in [2.75, 3.05) is 32.8 Å². The van der Waals surface area contributed by atoms with Gasteiger partial charge < -0.3 is 15.4 Å². The molecule has 164 valence electrons.